The molecule has 236 valence electrons. The molecule has 1 N–H and O–H groups in total. The van der Waals surface area contributed by atoms with Crippen molar-refractivity contribution in [3.05, 3.63) is 99.5 Å². The molecule has 1 unspecified atom stereocenters. The van der Waals surface area contributed by atoms with Crippen LogP contribution in [0.25, 0.3) is 0 Å². The Morgan fingerprint density at radius 1 is 0.886 bits per heavy atom. The number of carbonyl (C=O) groups is 2. The number of rotatable bonds is 12. The Morgan fingerprint density at radius 3 is 2.11 bits per heavy atom. The molecule has 0 radical (unpaired) electrons. The highest BCUT2D eigenvalue weighted by Crippen LogP contribution is 2.31. The molecule has 1 aliphatic carbocycles. The normalized spacial score (nSPS) is 14.7. The van der Waals surface area contributed by atoms with Gasteiger partial charge in [0.2, 0.25) is 21.8 Å². The highest BCUT2D eigenvalue weighted by molar-refractivity contribution is 7.92. The van der Waals surface area contributed by atoms with Crippen LogP contribution in [0.4, 0.5) is 5.69 Å². The molecule has 0 bridgehead atoms. The molecule has 4 rings (SSSR count). The summed E-state index contributed by atoms with van der Waals surface area (Å²) in [5, 5.41) is 3.90. The Labute approximate surface area is 271 Å². The number of hydrogen-bond acceptors (Lipinski definition) is 4. The molecule has 1 atom stereocenters. The minimum atomic E-state index is -3.89. The lowest BCUT2D eigenvalue weighted by Crippen LogP contribution is -2.55. The van der Waals surface area contributed by atoms with Crippen LogP contribution in [0.2, 0.25) is 10.0 Å². The molecule has 0 aromatic heterocycles. The van der Waals surface area contributed by atoms with Gasteiger partial charge in [-0.25, -0.2) is 8.42 Å². The zero-order valence-electron chi connectivity index (χ0n) is 25.5. The molecule has 0 saturated heterocycles. The van der Waals surface area contributed by atoms with Crippen molar-refractivity contribution in [3.8, 4) is 0 Å². The molecule has 1 fully saturated rings. The van der Waals surface area contributed by atoms with Crippen molar-refractivity contribution in [2.24, 2.45) is 0 Å². The standard InChI is InChI=1S/C34H41Cl2N3O4S/c1-24(2)27-17-10-11-20-31(27)39(44(3,42)43)23-33(40)38(22-28-29(35)18-12-19-30(28)36)32(21-25-13-6-4-7-14-25)34(41)37-26-15-8-5-9-16-26/h4,6-7,10-14,17-20,24,26,32H,5,8-9,15-16,21-23H2,1-3H3,(H,37,41). The fraction of sp³-hybridized carbons (Fsp3) is 0.412. The van der Waals surface area contributed by atoms with Gasteiger partial charge < -0.3 is 10.2 Å². The summed E-state index contributed by atoms with van der Waals surface area (Å²) in [4.78, 5) is 30.0. The van der Waals surface area contributed by atoms with E-state index in [9.17, 15) is 18.0 Å². The van der Waals surface area contributed by atoms with Crippen molar-refractivity contribution in [2.45, 2.75) is 76.9 Å². The van der Waals surface area contributed by atoms with Gasteiger partial charge in [-0.3, -0.25) is 13.9 Å². The number of anilines is 1. The maximum absolute atomic E-state index is 14.5. The summed E-state index contributed by atoms with van der Waals surface area (Å²) < 4.78 is 27.6. The Kier molecular flexibility index (Phi) is 11.7. The number of halogens is 2. The summed E-state index contributed by atoms with van der Waals surface area (Å²) in [6.45, 7) is 3.37. The molecule has 3 aromatic rings. The van der Waals surface area contributed by atoms with Gasteiger partial charge in [0, 0.05) is 34.6 Å². The third-order valence-corrected chi connectivity index (χ3v) is 9.95. The zero-order chi connectivity index (χ0) is 31.9. The average Bonchev–Trinajstić information content (AvgIpc) is 2.99. The first-order valence-electron chi connectivity index (χ1n) is 15.1. The monoisotopic (exact) mass is 657 g/mol. The summed E-state index contributed by atoms with van der Waals surface area (Å²) in [6.07, 6.45) is 6.27. The van der Waals surface area contributed by atoms with Crippen LogP contribution in [0.15, 0.2) is 72.8 Å². The third kappa shape index (κ3) is 8.77. The molecule has 1 saturated carbocycles. The zero-order valence-corrected chi connectivity index (χ0v) is 27.8. The Balaban J connectivity index is 1.79. The molecule has 0 spiro atoms. The second-order valence-corrected chi connectivity index (χ2v) is 14.5. The van der Waals surface area contributed by atoms with E-state index >= 15 is 0 Å². The van der Waals surface area contributed by atoms with Gasteiger partial charge in [0.25, 0.3) is 0 Å². The van der Waals surface area contributed by atoms with Crippen LogP contribution in [-0.2, 0) is 32.6 Å². The highest BCUT2D eigenvalue weighted by atomic mass is 35.5. The second-order valence-electron chi connectivity index (χ2n) is 11.8. The fourth-order valence-corrected chi connectivity index (χ4v) is 7.14. The number of para-hydroxylation sites is 1. The molecule has 0 aliphatic heterocycles. The summed E-state index contributed by atoms with van der Waals surface area (Å²) in [7, 11) is -3.89. The molecular weight excluding hydrogens is 617 g/mol. The van der Waals surface area contributed by atoms with E-state index in [0.29, 0.717) is 21.3 Å². The van der Waals surface area contributed by atoms with Crippen LogP contribution in [-0.4, -0.2) is 50.0 Å². The third-order valence-electron chi connectivity index (χ3n) is 8.12. The average molecular weight is 659 g/mol. The number of nitrogens with zero attached hydrogens (tertiary/aromatic N) is 2. The van der Waals surface area contributed by atoms with Crippen LogP contribution in [0.3, 0.4) is 0 Å². The van der Waals surface area contributed by atoms with Gasteiger partial charge in [-0.15, -0.1) is 0 Å². The Morgan fingerprint density at radius 2 is 1.50 bits per heavy atom. The van der Waals surface area contributed by atoms with Crippen molar-refractivity contribution in [1.82, 2.24) is 10.2 Å². The van der Waals surface area contributed by atoms with Gasteiger partial charge in [-0.05, 0) is 48.1 Å². The maximum Gasteiger partial charge on any atom is 0.244 e. The molecule has 1 aliphatic rings. The van der Waals surface area contributed by atoms with Gasteiger partial charge in [-0.2, -0.15) is 0 Å². The first-order chi connectivity index (χ1) is 21.0. The van der Waals surface area contributed by atoms with Crippen LogP contribution < -0.4 is 9.62 Å². The first kappa shape index (κ1) is 33.8. The number of carbonyl (C=O) groups excluding carboxylic acids is 2. The van der Waals surface area contributed by atoms with E-state index in [1.165, 1.54) is 4.90 Å². The van der Waals surface area contributed by atoms with E-state index in [0.717, 1.165) is 53.8 Å². The lowest BCUT2D eigenvalue weighted by molar-refractivity contribution is -0.140. The molecule has 10 heteroatoms. The smallest absolute Gasteiger partial charge is 0.244 e. The maximum atomic E-state index is 14.5. The number of amides is 2. The molecular formula is C34H41Cl2N3O4S. The van der Waals surface area contributed by atoms with E-state index in [1.54, 1.807) is 30.3 Å². The number of nitrogens with one attached hydrogen (secondary N) is 1. The van der Waals surface area contributed by atoms with Gasteiger partial charge >= 0.3 is 0 Å². The molecule has 3 aromatic carbocycles. The van der Waals surface area contributed by atoms with E-state index in [-0.39, 0.29) is 30.8 Å². The highest BCUT2D eigenvalue weighted by Gasteiger charge is 2.35. The SMILES string of the molecule is CC(C)c1ccccc1N(CC(=O)N(Cc1c(Cl)cccc1Cl)C(Cc1ccccc1)C(=O)NC1CCCCC1)S(C)(=O)=O. The van der Waals surface area contributed by atoms with Crippen molar-refractivity contribution in [3.63, 3.8) is 0 Å². The minimum Gasteiger partial charge on any atom is -0.352 e. The second kappa shape index (κ2) is 15.3. The Hall–Kier alpha value is -3.07. The Bertz CT molecular complexity index is 1520. The van der Waals surface area contributed by atoms with E-state index in [2.05, 4.69) is 5.32 Å². The van der Waals surface area contributed by atoms with Crippen molar-refractivity contribution >= 4 is 50.7 Å². The van der Waals surface area contributed by atoms with Crippen molar-refractivity contribution < 1.29 is 18.0 Å². The fourth-order valence-electron chi connectivity index (χ4n) is 5.75. The number of benzene rings is 3. The number of hydrogen-bond donors (Lipinski definition) is 1. The topological polar surface area (TPSA) is 86.8 Å². The van der Waals surface area contributed by atoms with E-state index < -0.39 is 28.5 Å². The summed E-state index contributed by atoms with van der Waals surface area (Å²) in [5.74, 6) is -0.814. The van der Waals surface area contributed by atoms with Gasteiger partial charge in [-0.1, -0.05) is 111 Å². The van der Waals surface area contributed by atoms with E-state index in [4.69, 9.17) is 23.2 Å². The first-order valence-corrected chi connectivity index (χ1v) is 17.7. The number of sulfonamides is 1. The van der Waals surface area contributed by atoms with Crippen LogP contribution in [0, 0.1) is 0 Å². The quantitative estimate of drug-likeness (QED) is 0.228. The molecule has 2 amide bonds. The lowest BCUT2D eigenvalue weighted by Gasteiger charge is -2.35. The van der Waals surface area contributed by atoms with Crippen LogP contribution in [0.5, 0.6) is 0 Å². The molecule has 44 heavy (non-hydrogen) atoms. The van der Waals surface area contributed by atoms with Gasteiger partial charge in [0.05, 0.1) is 11.9 Å². The summed E-state index contributed by atoms with van der Waals surface area (Å²) in [6, 6.07) is 20.8. The van der Waals surface area contributed by atoms with Gasteiger partial charge in [0.15, 0.2) is 0 Å². The van der Waals surface area contributed by atoms with Crippen molar-refractivity contribution in [1.29, 1.82) is 0 Å². The minimum absolute atomic E-state index is 0.00990. The van der Waals surface area contributed by atoms with Crippen molar-refractivity contribution in [2.75, 3.05) is 17.1 Å². The van der Waals surface area contributed by atoms with Crippen LogP contribution in [0.1, 0.15) is 68.6 Å². The molecule has 0 heterocycles. The van der Waals surface area contributed by atoms with Crippen LogP contribution >= 0.6 is 23.2 Å². The summed E-state index contributed by atoms with van der Waals surface area (Å²) in [5.41, 5.74) is 2.58. The predicted octanol–water partition coefficient (Wildman–Crippen LogP) is 6.97. The van der Waals surface area contributed by atoms with Gasteiger partial charge in [0.1, 0.15) is 12.6 Å². The summed E-state index contributed by atoms with van der Waals surface area (Å²) >= 11 is 13.2. The largest absolute Gasteiger partial charge is 0.352 e. The van der Waals surface area contributed by atoms with E-state index in [1.807, 2.05) is 56.3 Å². The molecule has 7 nitrogen and oxygen atoms in total. The predicted molar refractivity (Wildman–Crippen MR) is 179 cm³/mol. The lowest BCUT2D eigenvalue weighted by atomic mass is 9.94.